The van der Waals surface area contributed by atoms with Gasteiger partial charge in [0.1, 0.15) is 17.6 Å². The SMILES string of the molecule is CCOc1ccc(N(CCCC(=O)N(Cc2ccc(F)cc2)[C@@H](Cc2ccccc2)C(=O)N[C@@H](C)CC)S(C)(=O)=O)cc1. The van der Waals surface area contributed by atoms with Gasteiger partial charge in [0.2, 0.25) is 21.8 Å². The molecule has 0 radical (unpaired) electrons. The number of benzene rings is 3. The van der Waals surface area contributed by atoms with E-state index in [9.17, 15) is 22.4 Å². The summed E-state index contributed by atoms with van der Waals surface area (Å²) in [4.78, 5) is 29.0. The second-order valence-electron chi connectivity index (χ2n) is 10.5. The Morgan fingerprint density at radius 3 is 2.16 bits per heavy atom. The molecule has 43 heavy (non-hydrogen) atoms. The van der Waals surface area contributed by atoms with Gasteiger partial charge >= 0.3 is 0 Å². The predicted octanol–water partition coefficient (Wildman–Crippen LogP) is 5.33. The molecule has 3 aromatic rings. The Bertz CT molecular complexity index is 1420. The van der Waals surface area contributed by atoms with E-state index in [2.05, 4.69) is 5.32 Å². The highest BCUT2D eigenvalue weighted by atomic mass is 32.2. The normalized spacial score (nSPS) is 12.7. The van der Waals surface area contributed by atoms with Crippen LogP contribution in [-0.4, -0.2) is 56.6 Å². The number of hydrogen-bond donors (Lipinski definition) is 1. The zero-order valence-corrected chi connectivity index (χ0v) is 26.1. The summed E-state index contributed by atoms with van der Waals surface area (Å²) in [5, 5.41) is 3.02. The summed E-state index contributed by atoms with van der Waals surface area (Å²) >= 11 is 0. The van der Waals surface area contributed by atoms with Crippen molar-refractivity contribution in [2.45, 2.75) is 65.1 Å². The first-order chi connectivity index (χ1) is 20.5. The lowest BCUT2D eigenvalue weighted by molar-refractivity contribution is -0.141. The third kappa shape index (κ3) is 10.4. The van der Waals surface area contributed by atoms with Crippen molar-refractivity contribution in [1.29, 1.82) is 0 Å². The number of amides is 2. The molecule has 10 heteroatoms. The fraction of sp³-hybridized carbons (Fsp3) is 0.394. The summed E-state index contributed by atoms with van der Waals surface area (Å²) < 4.78 is 45.7. The van der Waals surface area contributed by atoms with Crippen molar-refractivity contribution in [2.75, 3.05) is 23.7 Å². The number of rotatable bonds is 16. The van der Waals surface area contributed by atoms with Gasteiger partial charge < -0.3 is 15.0 Å². The summed E-state index contributed by atoms with van der Waals surface area (Å²) in [6.45, 7) is 6.41. The van der Waals surface area contributed by atoms with E-state index in [1.807, 2.05) is 51.1 Å². The third-order valence-electron chi connectivity index (χ3n) is 7.13. The van der Waals surface area contributed by atoms with Gasteiger partial charge in [0.15, 0.2) is 0 Å². The topological polar surface area (TPSA) is 96.0 Å². The van der Waals surface area contributed by atoms with Crippen LogP contribution in [0.1, 0.15) is 51.2 Å². The van der Waals surface area contributed by atoms with Gasteiger partial charge in [-0.05, 0) is 74.2 Å². The molecule has 0 fully saturated rings. The van der Waals surface area contributed by atoms with Crippen LogP contribution in [0.25, 0.3) is 0 Å². The van der Waals surface area contributed by atoms with Crippen molar-refractivity contribution >= 4 is 27.5 Å². The quantitative estimate of drug-likeness (QED) is 0.236. The minimum absolute atomic E-state index is 0.00610. The van der Waals surface area contributed by atoms with Gasteiger partial charge in [-0.25, -0.2) is 12.8 Å². The minimum Gasteiger partial charge on any atom is -0.494 e. The maximum Gasteiger partial charge on any atom is 0.243 e. The largest absolute Gasteiger partial charge is 0.494 e. The number of sulfonamides is 1. The Balaban J connectivity index is 1.86. The second-order valence-corrected chi connectivity index (χ2v) is 12.4. The lowest BCUT2D eigenvalue weighted by Gasteiger charge is -2.32. The Morgan fingerprint density at radius 1 is 0.930 bits per heavy atom. The van der Waals surface area contributed by atoms with Crippen LogP contribution in [0.3, 0.4) is 0 Å². The fourth-order valence-corrected chi connectivity index (χ4v) is 5.63. The molecule has 3 rings (SSSR count). The van der Waals surface area contributed by atoms with Crippen LogP contribution in [0, 0.1) is 5.82 Å². The van der Waals surface area contributed by atoms with Crippen molar-refractivity contribution < 1.29 is 27.1 Å². The van der Waals surface area contributed by atoms with Gasteiger partial charge in [0, 0.05) is 32.0 Å². The van der Waals surface area contributed by atoms with Crippen LogP contribution >= 0.6 is 0 Å². The molecule has 0 unspecified atom stereocenters. The summed E-state index contributed by atoms with van der Waals surface area (Å²) in [7, 11) is -3.63. The average Bonchev–Trinajstić information content (AvgIpc) is 2.98. The molecule has 0 heterocycles. The molecule has 0 aliphatic heterocycles. The molecule has 0 aromatic heterocycles. The molecule has 0 aliphatic rings. The summed E-state index contributed by atoms with van der Waals surface area (Å²) in [5.41, 5.74) is 2.04. The predicted molar refractivity (Wildman–Crippen MR) is 168 cm³/mol. The molecule has 0 bridgehead atoms. The number of hydrogen-bond acceptors (Lipinski definition) is 5. The number of halogens is 1. The molecule has 0 spiro atoms. The molecule has 2 amide bonds. The van der Waals surface area contributed by atoms with E-state index in [0.29, 0.717) is 23.6 Å². The molecular formula is C33H42FN3O5S. The van der Waals surface area contributed by atoms with E-state index in [4.69, 9.17) is 4.74 Å². The molecule has 8 nitrogen and oxygen atoms in total. The fourth-order valence-electron chi connectivity index (χ4n) is 4.66. The number of ether oxygens (including phenoxy) is 1. The van der Waals surface area contributed by atoms with Crippen LogP contribution in [0.2, 0.25) is 0 Å². The highest BCUT2D eigenvalue weighted by molar-refractivity contribution is 7.92. The molecule has 0 aliphatic carbocycles. The smallest absolute Gasteiger partial charge is 0.243 e. The molecule has 1 N–H and O–H groups in total. The second kappa shape index (κ2) is 16.1. The van der Waals surface area contributed by atoms with Crippen LogP contribution in [0.15, 0.2) is 78.9 Å². The minimum atomic E-state index is -3.63. The lowest BCUT2D eigenvalue weighted by Crippen LogP contribution is -2.52. The highest BCUT2D eigenvalue weighted by Gasteiger charge is 2.31. The van der Waals surface area contributed by atoms with Crippen molar-refractivity contribution in [2.24, 2.45) is 0 Å². The van der Waals surface area contributed by atoms with E-state index in [0.717, 1.165) is 18.2 Å². The van der Waals surface area contributed by atoms with E-state index in [-0.39, 0.29) is 50.2 Å². The molecule has 0 saturated carbocycles. The number of anilines is 1. The maximum atomic E-state index is 13.9. The zero-order chi connectivity index (χ0) is 31.4. The zero-order valence-electron chi connectivity index (χ0n) is 25.3. The number of nitrogens with one attached hydrogen (secondary N) is 1. The monoisotopic (exact) mass is 611 g/mol. The average molecular weight is 612 g/mol. The van der Waals surface area contributed by atoms with Crippen LogP contribution in [0.5, 0.6) is 5.75 Å². The van der Waals surface area contributed by atoms with Gasteiger partial charge in [-0.1, -0.05) is 49.4 Å². The summed E-state index contributed by atoms with van der Waals surface area (Å²) in [6, 6.07) is 21.1. The third-order valence-corrected chi connectivity index (χ3v) is 8.32. The van der Waals surface area contributed by atoms with Gasteiger partial charge in [0.05, 0.1) is 18.6 Å². The highest BCUT2D eigenvalue weighted by Crippen LogP contribution is 2.23. The molecule has 2 atom stereocenters. The van der Waals surface area contributed by atoms with Crippen molar-refractivity contribution in [3.63, 3.8) is 0 Å². The van der Waals surface area contributed by atoms with Crippen LogP contribution < -0.4 is 14.4 Å². The van der Waals surface area contributed by atoms with E-state index in [1.165, 1.54) is 21.3 Å². The standard InChI is InChI=1S/C33H42FN3O5S/c1-5-25(3)35-33(39)31(23-26-11-8-7-9-12-26)36(24-27-14-16-28(34)17-15-27)32(38)13-10-22-37(43(4,40)41)29-18-20-30(21-19-29)42-6-2/h7-9,11-12,14-21,25,31H,5-6,10,13,22-24H2,1-4H3,(H,35,39)/t25-,31-/m0/s1. The van der Waals surface area contributed by atoms with Crippen molar-refractivity contribution in [3.05, 3.63) is 95.8 Å². The Labute approximate surface area is 254 Å². The number of nitrogens with zero attached hydrogens (tertiary/aromatic N) is 2. The van der Waals surface area contributed by atoms with E-state index in [1.54, 1.807) is 36.4 Å². The lowest BCUT2D eigenvalue weighted by atomic mass is 10.0. The first-order valence-corrected chi connectivity index (χ1v) is 16.4. The number of carbonyl (C=O) groups is 2. The summed E-state index contributed by atoms with van der Waals surface area (Å²) in [6.07, 6.45) is 2.37. The van der Waals surface area contributed by atoms with Crippen molar-refractivity contribution in [3.8, 4) is 5.75 Å². The Morgan fingerprint density at radius 2 is 1.58 bits per heavy atom. The van der Waals surface area contributed by atoms with Crippen LogP contribution in [-0.2, 0) is 32.6 Å². The number of carbonyl (C=O) groups excluding carboxylic acids is 2. The van der Waals surface area contributed by atoms with E-state index >= 15 is 0 Å². The van der Waals surface area contributed by atoms with Crippen LogP contribution in [0.4, 0.5) is 10.1 Å². The van der Waals surface area contributed by atoms with Gasteiger partial charge in [-0.2, -0.15) is 0 Å². The first kappa shape index (κ1) is 33.6. The van der Waals surface area contributed by atoms with Gasteiger partial charge in [0.25, 0.3) is 0 Å². The van der Waals surface area contributed by atoms with Gasteiger partial charge in [-0.15, -0.1) is 0 Å². The van der Waals surface area contributed by atoms with Gasteiger partial charge in [-0.3, -0.25) is 13.9 Å². The molecule has 232 valence electrons. The molecule has 3 aromatic carbocycles. The van der Waals surface area contributed by atoms with E-state index < -0.39 is 21.9 Å². The summed E-state index contributed by atoms with van der Waals surface area (Å²) in [5.74, 6) is -0.343. The van der Waals surface area contributed by atoms with Crippen molar-refractivity contribution in [1.82, 2.24) is 10.2 Å². The first-order valence-electron chi connectivity index (χ1n) is 14.6. The maximum absolute atomic E-state index is 13.9. The molecule has 0 saturated heterocycles. The Kier molecular flexibility index (Phi) is 12.5. The molecular weight excluding hydrogens is 569 g/mol. The Hall–Kier alpha value is -3.92.